The molecule has 0 amide bonds. The molecule has 0 bridgehead atoms. The first-order valence-electron chi connectivity index (χ1n) is 7.03. The Balaban J connectivity index is 1.86. The summed E-state index contributed by atoms with van der Waals surface area (Å²) in [7, 11) is 0. The Morgan fingerprint density at radius 2 is 1.59 bits per heavy atom. The van der Waals surface area contributed by atoms with Gasteiger partial charge in [0.05, 0.1) is 18.0 Å². The molecule has 4 nitrogen and oxygen atoms in total. The molecule has 2 rings (SSSR count). The molecule has 0 aliphatic carbocycles. The zero-order chi connectivity index (χ0) is 15.8. The molecule has 0 unspecified atom stereocenters. The fourth-order valence-corrected chi connectivity index (χ4v) is 1.72. The van der Waals surface area contributed by atoms with Gasteiger partial charge in [-0.05, 0) is 36.8 Å². The van der Waals surface area contributed by atoms with Gasteiger partial charge in [-0.3, -0.25) is 0 Å². The van der Waals surface area contributed by atoms with Crippen molar-refractivity contribution in [2.75, 3.05) is 6.61 Å². The molecule has 0 saturated carbocycles. The first-order valence-corrected chi connectivity index (χ1v) is 7.03. The molecule has 0 N–H and O–H groups in total. The number of esters is 1. The number of carbonyl (C=O) groups is 1. The van der Waals surface area contributed by atoms with E-state index in [0.717, 1.165) is 16.9 Å². The van der Waals surface area contributed by atoms with E-state index >= 15 is 0 Å². The molecule has 0 saturated heterocycles. The van der Waals surface area contributed by atoms with Crippen LogP contribution >= 0.6 is 0 Å². The highest BCUT2D eigenvalue weighted by atomic mass is 16.5. The van der Waals surface area contributed by atoms with Gasteiger partial charge in [-0.15, -0.1) is 0 Å². The van der Waals surface area contributed by atoms with E-state index in [1.807, 2.05) is 54.6 Å². The lowest BCUT2D eigenvalue weighted by Gasteiger charge is -2.04. The lowest BCUT2D eigenvalue weighted by Crippen LogP contribution is -2.07. The van der Waals surface area contributed by atoms with Crippen LogP contribution in [0, 0.1) is 0 Å². The third kappa shape index (κ3) is 4.98. The number of hydrogen-bond donors (Lipinski definition) is 0. The van der Waals surface area contributed by atoms with Crippen LogP contribution in [0.4, 0.5) is 11.4 Å². The summed E-state index contributed by atoms with van der Waals surface area (Å²) in [6.07, 6.45) is 0.662. The molecule has 2 aromatic carbocycles. The maximum Gasteiger partial charge on any atom is 0.333 e. The summed E-state index contributed by atoms with van der Waals surface area (Å²) in [6.45, 7) is 5.52. The topological polar surface area (TPSA) is 51.0 Å². The molecule has 2 aromatic rings. The fraction of sp³-hybridized carbons (Fsp3) is 0.167. The van der Waals surface area contributed by atoms with Crippen molar-refractivity contribution < 1.29 is 9.53 Å². The summed E-state index contributed by atoms with van der Waals surface area (Å²) in [5, 5.41) is 8.33. The summed E-state index contributed by atoms with van der Waals surface area (Å²) in [5.74, 6) is -0.353. The predicted molar refractivity (Wildman–Crippen MR) is 86.5 cm³/mol. The van der Waals surface area contributed by atoms with Crippen LogP contribution in [0.5, 0.6) is 0 Å². The summed E-state index contributed by atoms with van der Waals surface area (Å²) in [6, 6.07) is 17.3. The number of benzene rings is 2. The van der Waals surface area contributed by atoms with Gasteiger partial charge in [0.15, 0.2) is 0 Å². The summed E-state index contributed by atoms with van der Waals surface area (Å²) in [5.41, 5.74) is 3.09. The molecule has 0 aromatic heterocycles. The molecule has 0 heterocycles. The molecule has 0 radical (unpaired) electrons. The molecule has 0 aliphatic rings. The molecule has 4 heteroatoms. The van der Waals surface area contributed by atoms with Gasteiger partial charge in [0.1, 0.15) is 0 Å². The van der Waals surface area contributed by atoms with E-state index in [4.69, 9.17) is 4.74 Å². The molecule has 22 heavy (non-hydrogen) atoms. The average Bonchev–Trinajstić information content (AvgIpc) is 2.55. The van der Waals surface area contributed by atoms with Crippen LogP contribution in [0.25, 0.3) is 0 Å². The average molecular weight is 294 g/mol. The van der Waals surface area contributed by atoms with Crippen LogP contribution in [-0.4, -0.2) is 12.6 Å². The molecule has 112 valence electrons. The maximum absolute atomic E-state index is 11.3. The minimum Gasteiger partial charge on any atom is -0.462 e. The third-order valence-corrected chi connectivity index (χ3v) is 2.95. The number of hydrogen-bond acceptors (Lipinski definition) is 4. The van der Waals surface area contributed by atoms with Crippen LogP contribution in [-0.2, 0) is 16.0 Å². The number of ether oxygens (including phenoxy) is 1. The van der Waals surface area contributed by atoms with Crippen LogP contribution in [0.15, 0.2) is 77.0 Å². The van der Waals surface area contributed by atoms with E-state index < -0.39 is 0 Å². The van der Waals surface area contributed by atoms with E-state index in [1.54, 1.807) is 6.92 Å². The van der Waals surface area contributed by atoms with Gasteiger partial charge >= 0.3 is 5.97 Å². The Hall–Kier alpha value is -2.75. The van der Waals surface area contributed by atoms with Crippen LogP contribution in [0.3, 0.4) is 0 Å². The minimum atomic E-state index is -0.353. The van der Waals surface area contributed by atoms with Crippen LogP contribution in [0.1, 0.15) is 12.5 Å². The van der Waals surface area contributed by atoms with Gasteiger partial charge in [-0.2, -0.15) is 10.2 Å². The van der Waals surface area contributed by atoms with Crippen molar-refractivity contribution in [2.24, 2.45) is 10.2 Å². The van der Waals surface area contributed by atoms with E-state index in [0.29, 0.717) is 18.6 Å². The molecular formula is C18H18N2O2. The highest BCUT2D eigenvalue weighted by Gasteiger charge is 2.02. The highest BCUT2D eigenvalue weighted by molar-refractivity contribution is 5.86. The van der Waals surface area contributed by atoms with Crippen molar-refractivity contribution in [3.8, 4) is 0 Å². The summed E-state index contributed by atoms with van der Waals surface area (Å²) < 4.78 is 5.06. The van der Waals surface area contributed by atoms with Crippen molar-refractivity contribution in [1.82, 2.24) is 0 Å². The second kappa shape index (κ2) is 7.88. The summed E-state index contributed by atoms with van der Waals surface area (Å²) >= 11 is 0. The molecule has 0 spiro atoms. The van der Waals surface area contributed by atoms with Crippen LogP contribution in [0.2, 0.25) is 0 Å². The normalized spacial score (nSPS) is 10.6. The third-order valence-electron chi connectivity index (χ3n) is 2.95. The number of rotatable bonds is 6. The summed E-state index contributed by atoms with van der Waals surface area (Å²) in [4.78, 5) is 11.3. The fourth-order valence-electron chi connectivity index (χ4n) is 1.72. The monoisotopic (exact) mass is 294 g/mol. The standard InChI is InChI=1S/C18H18N2O2/c1-14(2)18(21)22-13-12-15-8-10-17(11-9-15)20-19-16-6-4-3-5-7-16/h3-11H,1,12-13H2,2H3/b20-19+. The van der Waals surface area contributed by atoms with E-state index in [2.05, 4.69) is 16.8 Å². The van der Waals surface area contributed by atoms with E-state index in [9.17, 15) is 4.79 Å². The molecule has 0 atom stereocenters. The van der Waals surface area contributed by atoms with Gasteiger partial charge in [-0.1, -0.05) is 36.9 Å². The lowest BCUT2D eigenvalue weighted by molar-refractivity contribution is -0.138. The van der Waals surface area contributed by atoms with Crippen LogP contribution < -0.4 is 0 Å². The number of nitrogens with zero attached hydrogens (tertiary/aromatic N) is 2. The molecule has 0 fully saturated rings. The van der Waals surface area contributed by atoms with Crippen molar-refractivity contribution in [3.05, 3.63) is 72.3 Å². The lowest BCUT2D eigenvalue weighted by atomic mass is 10.1. The second-order valence-electron chi connectivity index (χ2n) is 4.87. The Bertz CT molecular complexity index is 661. The quantitative estimate of drug-likeness (QED) is 0.438. The Kier molecular flexibility index (Phi) is 5.60. The Morgan fingerprint density at radius 3 is 2.18 bits per heavy atom. The largest absolute Gasteiger partial charge is 0.462 e. The predicted octanol–water partition coefficient (Wildman–Crippen LogP) is 4.76. The van der Waals surface area contributed by atoms with Gasteiger partial charge in [0.25, 0.3) is 0 Å². The van der Waals surface area contributed by atoms with Crippen molar-refractivity contribution in [3.63, 3.8) is 0 Å². The van der Waals surface area contributed by atoms with Gasteiger partial charge in [0, 0.05) is 12.0 Å². The SMILES string of the molecule is C=C(C)C(=O)OCCc1ccc(/N=N/c2ccccc2)cc1. The minimum absolute atomic E-state index is 0.344. The van der Waals surface area contributed by atoms with Gasteiger partial charge in [-0.25, -0.2) is 4.79 Å². The van der Waals surface area contributed by atoms with Gasteiger partial charge in [0.2, 0.25) is 0 Å². The van der Waals surface area contributed by atoms with E-state index in [-0.39, 0.29) is 5.97 Å². The zero-order valence-corrected chi connectivity index (χ0v) is 12.5. The first-order chi connectivity index (χ1) is 10.6. The highest BCUT2D eigenvalue weighted by Crippen LogP contribution is 2.18. The smallest absolute Gasteiger partial charge is 0.333 e. The van der Waals surface area contributed by atoms with Crippen molar-refractivity contribution in [2.45, 2.75) is 13.3 Å². The second-order valence-corrected chi connectivity index (χ2v) is 4.87. The zero-order valence-electron chi connectivity index (χ0n) is 12.5. The number of carbonyl (C=O) groups excluding carboxylic acids is 1. The Morgan fingerprint density at radius 1 is 1.00 bits per heavy atom. The van der Waals surface area contributed by atoms with Crippen molar-refractivity contribution in [1.29, 1.82) is 0 Å². The molecule has 0 aliphatic heterocycles. The first kappa shape index (κ1) is 15.6. The van der Waals surface area contributed by atoms with Gasteiger partial charge < -0.3 is 4.74 Å². The Labute approximate surface area is 130 Å². The number of azo groups is 1. The molecular weight excluding hydrogens is 276 g/mol. The van der Waals surface area contributed by atoms with Crippen molar-refractivity contribution >= 4 is 17.3 Å². The van der Waals surface area contributed by atoms with E-state index in [1.165, 1.54) is 0 Å². The maximum atomic E-state index is 11.3.